The molecule has 0 unspecified atom stereocenters. The standard InChI is InChI=1S/C22H30N2/c1-17-18(2)21(23-13-7-3-8-14-23)22(24-15-9-4-10-16-24)20-12-6-5-11-19(17)20/h5-6,11-12H,3-4,7-10,13-16H2,1-2H3. The molecule has 2 heterocycles. The summed E-state index contributed by atoms with van der Waals surface area (Å²) in [6.45, 7) is 9.53. The second kappa shape index (κ2) is 6.66. The summed E-state index contributed by atoms with van der Waals surface area (Å²) in [4.78, 5) is 5.37. The zero-order valence-electron chi connectivity index (χ0n) is 15.3. The maximum Gasteiger partial charge on any atom is 0.0686 e. The van der Waals surface area contributed by atoms with Gasteiger partial charge in [-0.1, -0.05) is 24.3 Å². The van der Waals surface area contributed by atoms with Crippen LogP contribution in [0.5, 0.6) is 0 Å². The minimum atomic E-state index is 1.22. The SMILES string of the molecule is Cc1c(N2CCCCC2)c(N2CCCCC2)c2ccccc2c1C. The van der Waals surface area contributed by atoms with Crippen LogP contribution >= 0.6 is 0 Å². The average molecular weight is 322 g/mol. The first-order chi connectivity index (χ1) is 11.8. The normalized spacial score (nSPS) is 19.1. The van der Waals surface area contributed by atoms with Gasteiger partial charge in [0.15, 0.2) is 0 Å². The largest absolute Gasteiger partial charge is 0.370 e. The molecular formula is C22H30N2. The minimum absolute atomic E-state index is 1.22. The average Bonchev–Trinajstić information content (AvgIpc) is 2.66. The first-order valence-corrected chi connectivity index (χ1v) is 9.79. The predicted molar refractivity (Wildman–Crippen MR) is 106 cm³/mol. The van der Waals surface area contributed by atoms with E-state index < -0.39 is 0 Å². The Bertz CT molecular complexity index is 722. The third-order valence-corrected chi connectivity index (χ3v) is 6.07. The molecule has 2 heteroatoms. The number of rotatable bonds is 2. The molecule has 24 heavy (non-hydrogen) atoms. The van der Waals surface area contributed by atoms with Gasteiger partial charge in [-0.25, -0.2) is 0 Å². The molecule has 2 aliphatic rings. The van der Waals surface area contributed by atoms with Crippen LogP contribution in [0.3, 0.4) is 0 Å². The number of aryl methyl sites for hydroxylation is 1. The van der Waals surface area contributed by atoms with Crippen molar-refractivity contribution in [1.29, 1.82) is 0 Å². The van der Waals surface area contributed by atoms with Gasteiger partial charge in [0, 0.05) is 31.6 Å². The van der Waals surface area contributed by atoms with Gasteiger partial charge in [0.25, 0.3) is 0 Å². The molecule has 0 N–H and O–H groups in total. The van der Waals surface area contributed by atoms with Gasteiger partial charge in [0.1, 0.15) is 0 Å². The van der Waals surface area contributed by atoms with Crippen molar-refractivity contribution in [3.8, 4) is 0 Å². The molecule has 2 aliphatic heterocycles. The molecule has 2 saturated heterocycles. The first kappa shape index (κ1) is 15.8. The van der Waals surface area contributed by atoms with Crippen molar-refractivity contribution in [3.63, 3.8) is 0 Å². The monoisotopic (exact) mass is 322 g/mol. The van der Waals surface area contributed by atoms with Crippen LogP contribution in [0.1, 0.15) is 49.7 Å². The van der Waals surface area contributed by atoms with Gasteiger partial charge < -0.3 is 9.80 Å². The molecule has 0 spiro atoms. The molecule has 2 aromatic rings. The van der Waals surface area contributed by atoms with E-state index in [1.165, 1.54) is 98.0 Å². The molecule has 0 saturated carbocycles. The highest BCUT2D eigenvalue weighted by molar-refractivity contribution is 6.04. The van der Waals surface area contributed by atoms with E-state index in [9.17, 15) is 0 Å². The van der Waals surface area contributed by atoms with Crippen molar-refractivity contribution < 1.29 is 0 Å². The topological polar surface area (TPSA) is 6.48 Å². The molecule has 2 fully saturated rings. The fraction of sp³-hybridized carbons (Fsp3) is 0.545. The fourth-order valence-corrected chi connectivity index (χ4v) is 4.64. The Morgan fingerprint density at radius 1 is 0.583 bits per heavy atom. The van der Waals surface area contributed by atoms with Gasteiger partial charge in [-0.05, 0) is 68.9 Å². The third kappa shape index (κ3) is 2.66. The molecular weight excluding hydrogens is 292 g/mol. The first-order valence-electron chi connectivity index (χ1n) is 9.79. The summed E-state index contributed by atoms with van der Waals surface area (Å²) in [6.07, 6.45) is 8.12. The Labute approximate surface area is 146 Å². The molecule has 0 bridgehead atoms. The Morgan fingerprint density at radius 3 is 1.67 bits per heavy atom. The molecule has 0 aromatic heterocycles. The Morgan fingerprint density at radius 2 is 1.08 bits per heavy atom. The highest BCUT2D eigenvalue weighted by Crippen LogP contribution is 2.43. The molecule has 0 aliphatic carbocycles. The van der Waals surface area contributed by atoms with Crippen LogP contribution in [0.4, 0.5) is 11.4 Å². The smallest absolute Gasteiger partial charge is 0.0686 e. The Balaban J connectivity index is 1.95. The zero-order chi connectivity index (χ0) is 16.5. The molecule has 4 rings (SSSR count). The molecule has 0 radical (unpaired) electrons. The van der Waals surface area contributed by atoms with Gasteiger partial charge in [-0.3, -0.25) is 0 Å². The zero-order valence-corrected chi connectivity index (χ0v) is 15.3. The lowest BCUT2D eigenvalue weighted by atomic mass is 9.93. The van der Waals surface area contributed by atoms with Crippen molar-refractivity contribution in [3.05, 3.63) is 35.4 Å². The van der Waals surface area contributed by atoms with Crippen LogP contribution in [0.15, 0.2) is 24.3 Å². The van der Waals surface area contributed by atoms with Crippen molar-refractivity contribution in [2.24, 2.45) is 0 Å². The number of nitrogens with zero attached hydrogens (tertiary/aromatic N) is 2. The predicted octanol–water partition coefficient (Wildman–Crippen LogP) is 5.44. The number of fused-ring (bicyclic) bond motifs is 1. The highest BCUT2D eigenvalue weighted by atomic mass is 15.2. The van der Waals surface area contributed by atoms with Crippen LogP contribution in [-0.4, -0.2) is 26.2 Å². The second-order valence-electron chi connectivity index (χ2n) is 7.59. The summed E-state index contributed by atoms with van der Waals surface area (Å²) in [5.41, 5.74) is 6.02. The second-order valence-corrected chi connectivity index (χ2v) is 7.59. The van der Waals surface area contributed by atoms with Gasteiger partial charge in [-0.2, -0.15) is 0 Å². The summed E-state index contributed by atoms with van der Waals surface area (Å²) in [5, 5.41) is 2.90. The Hall–Kier alpha value is -1.70. The van der Waals surface area contributed by atoms with E-state index >= 15 is 0 Å². The van der Waals surface area contributed by atoms with E-state index in [0.717, 1.165) is 0 Å². The lowest BCUT2D eigenvalue weighted by Gasteiger charge is -2.38. The number of piperidine rings is 2. The number of hydrogen-bond donors (Lipinski definition) is 0. The lowest BCUT2D eigenvalue weighted by molar-refractivity contribution is 0.565. The van der Waals surface area contributed by atoms with Crippen molar-refractivity contribution in [2.75, 3.05) is 36.0 Å². The van der Waals surface area contributed by atoms with Crippen LogP contribution in [0.2, 0.25) is 0 Å². The van der Waals surface area contributed by atoms with E-state index in [1.807, 2.05) is 0 Å². The summed E-state index contributed by atoms with van der Waals surface area (Å²) in [7, 11) is 0. The number of hydrogen-bond acceptors (Lipinski definition) is 2. The van der Waals surface area contributed by atoms with Crippen molar-refractivity contribution in [1.82, 2.24) is 0 Å². The summed E-state index contributed by atoms with van der Waals surface area (Å²) in [5.74, 6) is 0. The Kier molecular flexibility index (Phi) is 4.39. The van der Waals surface area contributed by atoms with Crippen LogP contribution < -0.4 is 9.80 Å². The van der Waals surface area contributed by atoms with E-state index in [4.69, 9.17) is 0 Å². The van der Waals surface area contributed by atoms with E-state index in [1.54, 1.807) is 0 Å². The van der Waals surface area contributed by atoms with E-state index in [2.05, 4.69) is 47.9 Å². The summed E-state index contributed by atoms with van der Waals surface area (Å²) < 4.78 is 0. The van der Waals surface area contributed by atoms with Gasteiger partial charge >= 0.3 is 0 Å². The fourth-order valence-electron chi connectivity index (χ4n) is 4.64. The van der Waals surface area contributed by atoms with E-state index in [0.29, 0.717) is 0 Å². The number of anilines is 2. The van der Waals surface area contributed by atoms with Crippen LogP contribution in [0, 0.1) is 13.8 Å². The molecule has 2 aromatic carbocycles. The third-order valence-electron chi connectivity index (χ3n) is 6.07. The van der Waals surface area contributed by atoms with Crippen molar-refractivity contribution >= 4 is 22.1 Å². The molecule has 0 amide bonds. The minimum Gasteiger partial charge on any atom is -0.370 e. The van der Waals surface area contributed by atoms with Crippen molar-refractivity contribution in [2.45, 2.75) is 52.4 Å². The quantitative estimate of drug-likeness (QED) is 0.726. The number of benzene rings is 2. The van der Waals surface area contributed by atoms with Crippen LogP contribution in [0.25, 0.3) is 10.8 Å². The maximum absolute atomic E-state index is 2.68. The summed E-state index contributed by atoms with van der Waals surface area (Å²) >= 11 is 0. The highest BCUT2D eigenvalue weighted by Gasteiger charge is 2.25. The van der Waals surface area contributed by atoms with Crippen LogP contribution in [-0.2, 0) is 0 Å². The van der Waals surface area contributed by atoms with Gasteiger partial charge in [0.05, 0.1) is 11.4 Å². The van der Waals surface area contributed by atoms with Gasteiger partial charge in [-0.15, -0.1) is 0 Å². The molecule has 0 atom stereocenters. The maximum atomic E-state index is 2.68. The summed E-state index contributed by atoms with van der Waals surface area (Å²) in [6, 6.07) is 9.06. The molecule has 2 nitrogen and oxygen atoms in total. The van der Waals surface area contributed by atoms with E-state index in [-0.39, 0.29) is 0 Å². The van der Waals surface area contributed by atoms with Gasteiger partial charge in [0.2, 0.25) is 0 Å². The lowest BCUT2D eigenvalue weighted by Crippen LogP contribution is -2.35. The molecule has 128 valence electrons.